The van der Waals surface area contributed by atoms with Gasteiger partial charge in [-0.3, -0.25) is 4.79 Å². The first kappa shape index (κ1) is 17.8. The Morgan fingerprint density at radius 3 is 2.41 bits per heavy atom. The van der Waals surface area contributed by atoms with Crippen molar-refractivity contribution >= 4 is 17.5 Å². The van der Waals surface area contributed by atoms with Gasteiger partial charge in [-0.2, -0.15) is 0 Å². The second-order valence-corrected chi connectivity index (χ2v) is 5.78. The molecule has 0 radical (unpaired) electrons. The average Bonchev–Trinajstić information content (AvgIpc) is 2.45. The summed E-state index contributed by atoms with van der Waals surface area (Å²) in [7, 11) is 1.11. The summed E-state index contributed by atoms with van der Waals surface area (Å²) in [6, 6.07) is 5.40. The van der Waals surface area contributed by atoms with Crippen molar-refractivity contribution in [1.82, 2.24) is 0 Å². The third-order valence-corrected chi connectivity index (χ3v) is 3.08. The van der Waals surface area contributed by atoms with Crippen LogP contribution in [0.25, 0.3) is 5.76 Å². The van der Waals surface area contributed by atoms with Crippen LogP contribution in [-0.4, -0.2) is 30.6 Å². The molecular formula is C17H22O5. The van der Waals surface area contributed by atoms with Crippen LogP contribution >= 0.6 is 0 Å². The Morgan fingerprint density at radius 2 is 1.91 bits per heavy atom. The maximum atomic E-state index is 11.6. The van der Waals surface area contributed by atoms with E-state index in [1.165, 1.54) is 0 Å². The Balaban J connectivity index is 3.32. The van der Waals surface area contributed by atoms with E-state index in [1.54, 1.807) is 12.1 Å². The maximum Gasteiger partial charge on any atom is 0.378 e. The number of ketones is 1. The lowest BCUT2D eigenvalue weighted by Gasteiger charge is -2.21. The zero-order chi connectivity index (χ0) is 16.9. The van der Waals surface area contributed by atoms with Crippen molar-refractivity contribution in [3.8, 4) is 5.75 Å². The van der Waals surface area contributed by atoms with Crippen molar-refractivity contribution in [3.05, 3.63) is 35.4 Å². The molecule has 5 nitrogen and oxygen atoms in total. The highest BCUT2D eigenvalue weighted by Gasteiger charge is 2.19. The lowest BCUT2D eigenvalue weighted by molar-refractivity contribution is -0.149. The van der Waals surface area contributed by atoms with E-state index in [1.807, 2.05) is 33.8 Å². The van der Waals surface area contributed by atoms with Crippen molar-refractivity contribution in [1.29, 1.82) is 0 Å². The van der Waals surface area contributed by atoms with Crippen LogP contribution in [0.3, 0.4) is 0 Å². The highest BCUT2D eigenvalue weighted by Crippen LogP contribution is 2.31. The number of hydrogen-bond donors (Lipinski definition) is 1. The number of benzene rings is 1. The zero-order valence-electron chi connectivity index (χ0n) is 13.6. The Bertz CT molecular complexity index is 594. The molecule has 1 aromatic carbocycles. The first-order chi connectivity index (χ1) is 10.2. The van der Waals surface area contributed by atoms with Gasteiger partial charge in [0.25, 0.3) is 5.78 Å². The van der Waals surface area contributed by atoms with Gasteiger partial charge >= 0.3 is 5.97 Å². The molecule has 120 valence electrons. The van der Waals surface area contributed by atoms with Gasteiger partial charge in [0.2, 0.25) is 0 Å². The topological polar surface area (TPSA) is 72.8 Å². The van der Waals surface area contributed by atoms with Crippen LogP contribution in [0.5, 0.6) is 5.75 Å². The minimum atomic E-state index is -1.03. The molecule has 0 fully saturated rings. The van der Waals surface area contributed by atoms with Gasteiger partial charge in [-0.25, -0.2) is 4.79 Å². The molecule has 0 atom stereocenters. The van der Waals surface area contributed by atoms with Crippen molar-refractivity contribution in [2.24, 2.45) is 0 Å². The van der Waals surface area contributed by atoms with E-state index in [4.69, 9.17) is 4.74 Å². The zero-order valence-corrected chi connectivity index (χ0v) is 13.6. The van der Waals surface area contributed by atoms with Gasteiger partial charge in [0, 0.05) is 6.08 Å². The number of ether oxygens (including phenoxy) is 2. The molecular weight excluding hydrogens is 284 g/mol. The molecule has 22 heavy (non-hydrogen) atoms. The second-order valence-electron chi connectivity index (χ2n) is 5.78. The minimum absolute atomic E-state index is 0.133. The molecule has 0 spiro atoms. The van der Waals surface area contributed by atoms with Crippen LogP contribution < -0.4 is 4.74 Å². The summed E-state index contributed by atoms with van der Waals surface area (Å²) < 4.78 is 9.79. The minimum Gasteiger partial charge on any atom is -0.507 e. The smallest absolute Gasteiger partial charge is 0.378 e. The molecule has 0 aromatic heterocycles. The lowest BCUT2D eigenvalue weighted by atomic mass is 9.86. The van der Waals surface area contributed by atoms with E-state index in [0.29, 0.717) is 17.9 Å². The van der Waals surface area contributed by atoms with Gasteiger partial charge < -0.3 is 14.6 Å². The summed E-state index contributed by atoms with van der Waals surface area (Å²) in [5.41, 5.74) is 1.20. The number of aliphatic hydroxyl groups excluding tert-OH is 1. The van der Waals surface area contributed by atoms with Crippen LogP contribution in [0, 0.1) is 0 Å². The van der Waals surface area contributed by atoms with E-state index in [9.17, 15) is 14.7 Å². The van der Waals surface area contributed by atoms with Gasteiger partial charge in [0.05, 0.1) is 19.3 Å². The quantitative estimate of drug-likeness (QED) is 0.392. The van der Waals surface area contributed by atoms with Crippen LogP contribution in [0.15, 0.2) is 24.3 Å². The summed E-state index contributed by atoms with van der Waals surface area (Å²) >= 11 is 0. The van der Waals surface area contributed by atoms with Gasteiger partial charge in [0.1, 0.15) is 11.5 Å². The van der Waals surface area contributed by atoms with E-state index >= 15 is 0 Å². The Labute approximate surface area is 130 Å². The molecule has 0 saturated heterocycles. The number of rotatable bonds is 5. The van der Waals surface area contributed by atoms with Crippen molar-refractivity contribution in [2.45, 2.75) is 33.1 Å². The van der Waals surface area contributed by atoms with Crippen molar-refractivity contribution in [2.75, 3.05) is 13.7 Å². The predicted octanol–water partition coefficient (Wildman–Crippen LogP) is 3.02. The van der Waals surface area contributed by atoms with E-state index in [0.717, 1.165) is 18.7 Å². The number of hydrogen-bond acceptors (Lipinski definition) is 5. The summed E-state index contributed by atoms with van der Waals surface area (Å²) in [6.45, 7) is 8.34. The molecule has 0 unspecified atom stereocenters. The number of carbonyl (C=O) groups is 2. The SMILES string of the molecule is CCOc1ccc(C(C)(C)C)cc1/C(O)=C\C(=O)C(=O)OC. The molecule has 0 heterocycles. The first-order valence-electron chi connectivity index (χ1n) is 7.01. The molecule has 5 heteroatoms. The molecule has 1 N–H and O–H groups in total. The fourth-order valence-electron chi connectivity index (χ4n) is 1.84. The van der Waals surface area contributed by atoms with Crippen LogP contribution in [0.1, 0.15) is 38.8 Å². The van der Waals surface area contributed by atoms with Crippen LogP contribution in [-0.2, 0) is 19.7 Å². The van der Waals surface area contributed by atoms with E-state index < -0.39 is 11.8 Å². The lowest BCUT2D eigenvalue weighted by Crippen LogP contribution is -2.14. The molecule has 1 rings (SSSR count). The summed E-state index contributed by atoms with van der Waals surface area (Å²) in [6.07, 6.45) is 0.843. The van der Waals surface area contributed by atoms with Gasteiger partial charge in [-0.1, -0.05) is 26.8 Å². The fourth-order valence-corrected chi connectivity index (χ4v) is 1.84. The highest BCUT2D eigenvalue weighted by atomic mass is 16.5. The molecule has 0 saturated carbocycles. The summed E-state index contributed by atoms with van der Waals surface area (Å²) in [5, 5.41) is 10.2. The summed E-state index contributed by atoms with van der Waals surface area (Å²) in [4.78, 5) is 22.7. The van der Waals surface area contributed by atoms with Gasteiger partial charge in [0.15, 0.2) is 0 Å². The van der Waals surface area contributed by atoms with Gasteiger partial charge in [-0.05, 0) is 30.0 Å². The van der Waals surface area contributed by atoms with E-state index in [-0.39, 0.29) is 11.2 Å². The highest BCUT2D eigenvalue weighted by molar-refractivity contribution is 6.39. The third kappa shape index (κ3) is 4.35. The monoisotopic (exact) mass is 306 g/mol. The molecule has 0 bridgehead atoms. The van der Waals surface area contributed by atoms with Crippen molar-refractivity contribution in [3.63, 3.8) is 0 Å². The Kier molecular flexibility index (Phi) is 5.74. The molecule has 0 aliphatic carbocycles. The predicted molar refractivity (Wildman–Crippen MR) is 83.9 cm³/mol. The number of carbonyl (C=O) groups excluding carboxylic acids is 2. The van der Waals surface area contributed by atoms with Crippen LogP contribution in [0.4, 0.5) is 0 Å². The van der Waals surface area contributed by atoms with Gasteiger partial charge in [-0.15, -0.1) is 0 Å². The fraction of sp³-hybridized carbons (Fsp3) is 0.412. The molecule has 0 amide bonds. The molecule has 0 aliphatic rings. The third-order valence-electron chi connectivity index (χ3n) is 3.08. The maximum absolute atomic E-state index is 11.6. The van der Waals surface area contributed by atoms with E-state index in [2.05, 4.69) is 4.74 Å². The molecule has 0 aliphatic heterocycles. The number of esters is 1. The summed E-state index contributed by atoms with van der Waals surface area (Å²) in [5.74, 6) is -1.84. The Morgan fingerprint density at radius 1 is 1.27 bits per heavy atom. The Hall–Kier alpha value is -2.30. The number of aliphatic hydroxyl groups is 1. The van der Waals surface area contributed by atoms with Crippen LogP contribution in [0.2, 0.25) is 0 Å². The normalized spacial score (nSPS) is 12.0. The first-order valence-corrected chi connectivity index (χ1v) is 7.01. The molecule has 1 aromatic rings. The standard InChI is InChI=1S/C17H22O5/c1-6-22-15-8-7-11(17(2,3)4)9-12(15)13(18)10-14(19)16(20)21-5/h7-10,18H,6H2,1-5H3/b13-10+. The largest absolute Gasteiger partial charge is 0.507 e. The second kappa shape index (κ2) is 7.11. The number of methoxy groups -OCH3 is 1. The van der Waals surface area contributed by atoms with Crippen molar-refractivity contribution < 1.29 is 24.2 Å². The average molecular weight is 306 g/mol.